The number of para-hydroxylation sites is 3. The summed E-state index contributed by atoms with van der Waals surface area (Å²) in [5.41, 5.74) is 3.39. The van der Waals surface area contributed by atoms with E-state index in [1.807, 2.05) is 49.4 Å². The Balaban J connectivity index is 1.60. The van der Waals surface area contributed by atoms with Gasteiger partial charge in [-0.2, -0.15) is 5.26 Å². The molecule has 3 aromatic rings. The zero-order chi connectivity index (χ0) is 20.1. The van der Waals surface area contributed by atoms with Gasteiger partial charge in [0.2, 0.25) is 0 Å². The molecule has 7 nitrogen and oxygen atoms in total. The summed E-state index contributed by atoms with van der Waals surface area (Å²) in [5.74, 6) is 1.96. The Labute approximate surface area is 170 Å². The fourth-order valence-corrected chi connectivity index (χ4v) is 3.32. The molecule has 2 heterocycles. The molecule has 1 aliphatic rings. The highest BCUT2D eigenvalue weighted by Gasteiger charge is 2.15. The first-order valence-electron chi connectivity index (χ1n) is 9.53. The summed E-state index contributed by atoms with van der Waals surface area (Å²) in [4.78, 5) is 11.3. The maximum atomic E-state index is 9.31. The second-order valence-corrected chi connectivity index (χ2v) is 6.71. The maximum Gasteiger partial charge on any atom is 0.136 e. The molecule has 29 heavy (non-hydrogen) atoms. The second kappa shape index (κ2) is 8.59. The van der Waals surface area contributed by atoms with Crippen molar-refractivity contribution in [3.63, 3.8) is 0 Å². The molecular weight excluding hydrogens is 364 g/mol. The van der Waals surface area contributed by atoms with Crippen LogP contribution in [0.4, 0.5) is 28.7 Å². The van der Waals surface area contributed by atoms with Crippen LogP contribution in [0, 0.1) is 18.3 Å². The van der Waals surface area contributed by atoms with Crippen molar-refractivity contribution in [2.45, 2.75) is 6.92 Å². The standard InChI is InChI=1S/C22H22N6O/c1-16-24-21(26-18-7-3-2-6-17(18)15-23)14-22(25-16)27-19-8-4-5-9-20(19)28-10-12-29-13-11-28/h2-9,14H,10-13H2,1H3,(H2,24,25,26,27). The Morgan fingerprint density at radius 1 is 0.931 bits per heavy atom. The molecule has 1 aromatic heterocycles. The quantitative estimate of drug-likeness (QED) is 0.686. The lowest BCUT2D eigenvalue weighted by molar-refractivity contribution is 0.123. The molecule has 7 heteroatoms. The number of nitrogens with zero attached hydrogens (tertiary/aromatic N) is 4. The average Bonchev–Trinajstić information content (AvgIpc) is 2.75. The number of ether oxygens (including phenoxy) is 1. The van der Waals surface area contributed by atoms with Crippen LogP contribution < -0.4 is 15.5 Å². The molecule has 0 spiro atoms. The van der Waals surface area contributed by atoms with Gasteiger partial charge in [-0.15, -0.1) is 0 Å². The van der Waals surface area contributed by atoms with E-state index in [1.54, 1.807) is 6.07 Å². The molecule has 1 aliphatic heterocycles. The van der Waals surface area contributed by atoms with Gasteiger partial charge in [0.25, 0.3) is 0 Å². The van der Waals surface area contributed by atoms with E-state index in [2.05, 4.69) is 37.6 Å². The van der Waals surface area contributed by atoms with E-state index in [0.717, 1.165) is 37.7 Å². The first-order valence-corrected chi connectivity index (χ1v) is 9.53. The SMILES string of the molecule is Cc1nc(Nc2ccccc2C#N)cc(Nc2ccccc2N2CCOCC2)n1. The number of hydrogen-bond acceptors (Lipinski definition) is 7. The van der Waals surface area contributed by atoms with E-state index >= 15 is 0 Å². The normalized spacial score (nSPS) is 13.6. The lowest BCUT2D eigenvalue weighted by Crippen LogP contribution is -2.36. The van der Waals surface area contributed by atoms with Crippen molar-refractivity contribution >= 4 is 28.7 Å². The van der Waals surface area contributed by atoms with Crippen LogP contribution in [-0.2, 0) is 4.74 Å². The molecule has 1 saturated heterocycles. The minimum absolute atomic E-state index is 0.566. The molecule has 146 valence electrons. The topological polar surface area (TPSA) is 86.1 Å². The summed E-state index contributed by atoms with van der Waals surface area (Å²) >= 11 is 0. The monoisotopic (exact) mass is 386 g/mol. The Kier molecular flexibility index (Phi) is 5.54. The number of aromatic nitrogens is 2. The summed E-state index contributed by atoms with van der Waals surface area (Å²) in [7, 11) is 0. The number of benzene rings is 2. The van der Waals surface area contributed by atoms with Crippen molar-refractivity contribution in [2.75, 3.05) is 41.8 Å². The molecular formula is C22H22N6O. The van der Waals surface area contributed by atoms with Gasteiger partial charge in [-0.25, -0.2) is 9.97 Å². The molecule has 2 N–H and O–H groups in total. The van der Waals surface area contributed by atoms with E-state index in [1.165, 1.54) is 0 Å². The molecule has 0 bridgehead atoms. The van der Waals surface area contributed by atoms with Crippen LogP contribution in [0.25, 0.3) is 0 Å². The zero-order valence-electron chi connectivity index (χ0n) is 16.2. The second-order valence-electron chi connectivity index (χ2n) is 6.71. The minimum atomic E-state index is 0.566. The summed E-state index contributed by atoms with van der Waals surface area (Å²) in [5, 5.41) is 16.0. The summed E-state index contributed by atoms with van der Waals surface area (Å²) < 4.78 is 5.47. The molecule has 0 saturated carbocycles. The van der Waals surface area contributed by atoms with Crippen molar-refractivity contribution in [1.29, 1.82) is 5.26 Å². The van der Waals surface area contributed by atoms with E-state index in [4.69, 9.17) is 4.74 Å². The predicted octanol–water partition coefficient (Wildman–Crippen LogP) is 3.98. The first kappa shape index (κ1) is 18.7. The number of nitrogens with one attached hydrogen (secondary N) is 2. The Morgan fingerprint density at radius 3 is 2.28 bits per heavy atom. The Morgan fingerprint density at radius 2 is 1.55 bits per heavy atom. The van der Waals surface area contributed by atoms with Crippen LogP contribution >= 0.6 is 0 Å². The van der Waals surface area contributed by atoms with Crippen LogP contribution in [0.5, 0.6) is 0 Å². The highest BCUT2D eigenvalue weighted by Crippen LogP contribution is 2.29. The van der Waals surface area contributed by atoms with Gasteiger partial charge in [0.05, 0.1) is 35.8 Å². The maximum absolute atomic E-state index is 9.31. The van der Waals surface area contributed by atoms with Gasteiger partial charge in [-0.3, -0.25) is 0 Å². The van der Waals surface area contributed by atoms with Crippen molar-refractivity contribution in [3.8, 4) is 6.07 Å². The molecule has 0 radical (unpaired) electrons. The van der Waals surface area contributed by atoms with Crippen molar-refractivity contribution in [1.82, 2.24) is 9.97 Å². The van der Waals surface area contributed by atoms with E-state index in [0.29, 0.717) is 28.7 Å². The molecule has 0 unspecified atom stereocenters. The third-order valence-electron chi connectivity index (χ3n) is 4.67. The average molecular weight is 386 g/mol. The molecule has 1 fully saturated rings. The molecule has 0 amide bonds. The number of anilines is 5. The van der Waals surface area contributed by atoms with Gasteiger partial charge in [0.15, 0.2) is 0 Å². The van der Waals surface area contributed by atoms with Gasteiger partial charge in [-0.1, -0.05) is 24.3 Å². The molecule has 0 atom stereocenters. The lowest BCUT2D eigenvalue weighted by atomic mass is 10.2. The number of aryl methyl sites for hydroxylation is 1. The Hall–Kier alpha value is -3.63. The highest BCUT2D eigenvalue weighted by atomic mass is 16.5. The summed E-state index contributed by atoms with van der Waals surface area (Å²) in [6.07, 6.45) is 0. The van der Waals surface area contributed by atoms with Gasteiger partial charge in [-0.05, 0) is 31.2 Å². The minimum Gasteiger partial charge on any atom is -0.378 e. The van der Waals surface area contributed by atoms with Crippen LogP contribution in [-0.4, -0.2) is 36.3 Å². The predicted molar refractivity (Wildman–Crippen MR) is 114 cm³/mol. The number of nitriles is 1. The number of morpholine rings is 1. The van der Waals surface area contributed by atoms with E-state index in [9.17, 15) is 5.26 Å². The van der Waals surface area contributed by atoms with E-state index < -0.39 is 0 Å². The number of hydrogen-bond donors (Lipinski definition) is 2. The Bertz CT molecular complexity index is 1040. The molecule has 4 rings (SSSR count). The summed E-state index contributed by atoms with van der Waals surface area (Å²) in [6.45, 7) is 5.03. The molecule has 2 aromatic carbocycles. The molecule has 0 aliphatic carbocycles. The largest absolute Gasteiger partial charge is 0.378 e. The van der Waals surface area contributed by atoms with Crippen LogP contribution in [0.15, 0.2) is 54.6 Å². The third kappa shape index (κ3) is 4.45. The van der Waals surface area contributed by atoms with Crippen LogP contribution in [0.1, 0.15) is 11.4 Å². The van der Waals surface area contributed by atoms with Crippen molar-refractivity contribution in [3.05, 3.63) is 66.0 Å². The summed E-state index contributed by atoms with van der Waals surface area (Å²) in [6, 6.07) is 19.6. The van der Waals surface area contributed by atoms with Crippen molar-refractivity contribution < 1.29 is 4.74 Å². The lowest BCUT2D eigenvalue weighted by Gasteiger charge is -2.30. The van der Waals surface area contributed by atoms with Gasteiger partial charge in [0.1, 0.15) is 23.5 Å². The fraction of sp³-hybridized carbons (Fsp3) is 0.227. The van der Waals surface area contributed by atoms with Gasteiger partial charge >= 0.3 is 0 Å². The van der Waals surface area contributed by atoms with Crippen molar-refractivity contribution in [2.24, 2.45) is 0 Å². The van der Waals surface area contributed by atoms with Crippen LogP contribution in [0.3, 0.4) is 0 Å². The van der Waals surface area contributed by atoms with Gasteiger partial charge in [0, 0.05) is 19.2 Å². The smallest absolute Gasteiger partial charge is 0.136 e. The fourth-order valence-electron chi connectivity index (χ4n) is 3.32. The third-order valence-corrected chi connectivity index (χ3v) is 4.67. The number of rotatable bonds is 5. The highest BCUT2D eigenvalue weighted by molar-refractivity contribution is 5.75. The van der Waals surface area contributed by atoms with Crippen LogP contribution in [0.2, 0.25) is 0 Å². The van der Waals surface area contributed by atoms with Gasteiger partial charge < -0.3 is 20.3 Å². The first-order chi connectivity index (χ1) is 14.2. The zero-order valence-corrected chi connectivity index (χ0v) is 16.2. The van der Waals surface area contributed by atoms with E-state index in [-0.39, 0.29) is 0 Å².